The van der Waals surface area contributed by atoms with Crippen LogP contribution in [-0.4, -0.2) is 67.3 Å². The first kappa shape index (κ1) is 25.2. The van der Waals surface area contributed by atoms with Gasteiger partial charge in [-0.2, -0.15) is 4.98 Å². The molecule has 1 fully saturated rings. The van der Waals surface area contributed by atoms with Gasteiger partial charge in [-0.3, -0.25) is 0 Å². The third kappa shape index (κ3) is 5.23. The molecule has 35 heavy (non-hydrogen) atoms. The molecule has 2 aromatic carbocycles. The van der Waals surface area contributed by atoms with Crippen LogP contribution in [-0.2, 0) is 0 Å². The van der Waals surface area contributed by atoms with Crippen molar-refractivity contribution in [2.75, 3.05) is 52.5 Å². The highest BCUT2D eigenvalue weighted by molar-refractivity contribution is 6.32. The van der Waals surface area contributed by atoms with E-state index in [9.17, 15) is 0 Å². The minimum absolute atomic E-state index is 0.119. The van der Waals surface area contributed by atoms with Crippen molar-refractivity contribution in [3.63, 3.8) is 0 Å². The molecule has 1 atom stereocenters. The van der Waals surface area contributed by atoms with Crippen LogP contribution in [0.4, 0.5) is 29.2 Å². The summed E-state index contributed by atoms with van der Waals surface area (Å²) in [7, 11) is 7.40. The van der Waals surface area contributed by atoms with Crippen molar-refractivity contribution >= 4 is 52.4 Å². The average Bonchev–Trinajstić information content (AvgIpc) is 2.83. The Balaban J connectivity index is 1.78. The second kappa shape index (κ2) is 10.4. The van der Waals surface area contributed by atoms with Crippen LogP contribution < -0.4 is 25.0 Å². The van der Waals surface area contributed by atoms with Crippen molar-refractivity contribution in [1.82, 2.24) is 24.3 Å². The number of likely N-dealkylation sites (tertiary alicyclic amines) is 1. The van der Waals surface area contributed by atoms with Crippen molar-refractivity contribution in [2.24, 2.45) is 0 Å². The normalized spacial score (nSPS) is 16.5. The lowest BCUT2D eigenvalue weighted by molar-refractivity contribution is 0.180. The summed E-state index contributed by atoms with van der Waals surface area (Å²) in [6, 6.07) is 11.3. The number of piperidine rings is 1. The predicted molar refractivity (Wildman–Crippen MR) is 141 cm³/mol. The van der Waals surface area contributed by atoms with E-state index in [1.807, 2.05) is 24.3 Å². The molecule has 1 aliphatic rings. The van der Waals surface area contributed by atoms with Gasteiger partial charge in [0.2, 0.25) is 11.9 Å². The third-order valence-electron chi connectivity index (χ3n) is 6.55. The highest BCUT2D eigenvalue weighted by Crippen LogP contribution is 2.41. The maximum absolute atomic E-state index is 6.54. The van der Waals surface area contributed by atoms with Gasteiger partial charge in [-0.1, -0.05) is 23.2 Å². The number of hydrogen-bond acceptors (Lipinski definition) is 8. The van der Waals surface area contributed by atoms with E-state index in [2.05, 4.69) is 34.3 Å². The van der Waals surface area contributed by atoms with Gasteiger partial charge in [-0.25, -0.2) is 4.48 Å². The van der Waals surface area contributed by atoms with E-state index in [1.165, 1.54) is 0 Å². The number of ether oxygens (including phenoxy) is 2. The van der Waals surface area contributed by atoms with E-state index < -0.39 is 0 Å². The molecule has 1 aromatic heterocycles. The summed E-state index contributed by atoms with van der Waals surface area (Å²) >= 11 is 12.8. The van der Waals surface area contributed by atoms with Gasteiger partial charge in [0.1, 0.15) is 23.2 Å². The number of aromatic nitrogens is 3. The summed E-state index contributed by atoms with van der Waals surface area (Å²) in [6.45, 7) is 1.94. The molecular formula is C24H30Cl2N7O2+. The maximum Gasteiger partial charge on any atom is 0.340 e. The standard InChI is InChI=1S/C24H30Cl2N7O2/c1-32-11-9-16(10-12-32)33(2,17-6-8-21(35-4)19(26)14-17)24-30-22(27)29-23(31-24)28-15-5-7-20(34-3)18(25)13-15/h5-8,13-14,16H,9-12H2,1-4H3,(H3,27,28,29,30,31)/q+1. The molecule has 0 bridgehead atoms. The second-order valence-electron chi connectivity index (χ2n) is 8.72. The molecule has 0 spiro atoms. The van der Waals surface area contributed by atoms with Crippen molar-refractivity contribution < 1.29 is 9.47 Å². The fraction of sp³-hybridized carbons (Fsp3) is 0.375. The number of hydrogen-bond donors (Lipinski definition) is 2. The fourth-order valence-corrected chi connectivity index (χ4v) is 4.97. The molecule has 4 rings (SSSR count). The zero-order valence-electron chi connectivity index (χ0n) is 20.3. The minimum Gasteiger partial charge on any atom is -0.495 e. The number of nitrogens with two attached hydrogens (primary N) is 1. The molecule has 1 saturated heterocycles. The molecule has 186 valence electrons. The number of rotatable bonds is 7. The zero-order valence-corrected chi connectivity index (χ0v) is 21.8. The van der Waals surface area contributed by atoms with E-state index >= 15 is 0 Å². The molecule has 2 heterocycles. The van der Waals surface area contributed by atoms with Crippen LogP contribution in [0.1, 0.15) is 12.8 Å². The largest absolute Gasteiger partial charge is 0.495 e. The second-order valence-corrected chi connectivity index (χ2v) is 9.53. The topological polar surface area (TPSA) is 98.4 Å². The van der Waals surface area contributed by atoms with Crippen LogP contribution in [0, 0.1) is 0 Å². The van der Waals surface area contributed by atoms with Crippen molar-refractivity contribution in [2.45, 2.75) is 18.9 Å². The Morgan fingerprint density at radius 3 is 2.20 bits per heavy atom. The zero-order chi connectivity index (χ0) is 25.2. The van der Waals surface area contributed by atoms with Gasteiger partial charge in [0, 0.05) is 43.8 Å². The minimum atomic E-state index is 0.119. The molecule has 0 amide bonds. The molecule has 1 unspecified atom stereocenters. The van der Waals surface area contributed by atoms with Gasteiger partial charge in [0.25, 0.3) is 0 Å². The number of nitrogens with zero attached hydrogens (tertiary/aromatic N) is 5. The molecular weight excluding hydrogens is 489 g/mol. The molecule has 11 heteroatoms. The lowest BCUT2D eigenvalue weighted by Gasteiger charge is -2.42. The van der Waals surface area contributed by atoms with E-state index in [4.69, 9.17) is 43.4 Å². The molecule has 1 aliphatic heterocycles. The molecule has 0 radical (unpaired) electrons. The Kier molecular flexibility index (Phi) is 7.51. The molecule has 0 aliphatic carbocycles. The van der Waals surface area contributed by atoms with Crippen molar-refractivity contribution in [3.05, 3.63) is 46.4 Å². The van der Waals surface area contributed by atoms with Crippen LogP contribution in [0.25, 0.3) is 0 Å². The summed E-state index contributed by atoms with van der Waals surface area (Å²) < 4.78 is 10.9. The molecule has 0 saturated carbocycles. The highest BCUT2D eigenvalue weighted by atomic mass is 35.5. The summed E-state index contributed by atoms with van der Waals surface area (Å²) in [5, 5.41) is 4.19. The first-order valence-electron chi connectivity index (χ1n) is 11.3. The summed E-state index contributed by atoms with van der Waals surface area (Å²) in [4.78, 5) is 16.0. The average molecular weight is 519 g/mol. The Morgan fingerprint density at radius 2 is 1.60 bits per heavy atom. The highest BCUT2D eigenvalue weighted by Gasteiger charge is 2.42. The van der Waals surface area contributed by atoms with E-state index in [-0.39, 0.29) is 12.0 Å². The van der Waals surface area contributed by atoms with Crippen LogP contribution in [0.15, 0.2) is 36.4 Å². The van der Waals surface area contributed by atoms with Crippen molar-refractivity contribution in [1.29, 1.82) is 0 Å². The Labute approximate surface area is 215 Å². The first-order chi connectivity index (χ1) is 16.7. The Bertz CT molecular complexity index is 1200. The summed E-state index contributed by atoms with van der Waals surface area (Å²) in [5.41, 5.74) is 7.82. The monoisotopic (exact) mass is 518 g/mol. The van der Waals surface area contributed by atoms with Gasteiger partial charge in [-0.05, 0) is 31.3 Å². The van der Waals surface area contributed by atoms with E-state index in [1.54, 1.807) is 26.4 Å². The molecule has 3 aromatic rings. The van der Waals surface area contributed by atoms with Gasteiger partial charge in [-0.15, -0.1) is 9.97 Å². The molecule has 3 N–H and O–H groups in total. The van der Waals surface area contributed by atoms with Crippen LogP contribution >= 0.6 is 23.2 Å². The van der Waals surface area contributed by atoms with Crippen LogP contribution in [0.2, 0.25) is 10.0 Å². The van der Waals surface area contributed by atoms with Gasteiger partial charge in [0.05, 0.1) is 31.3 Å². The quantitative estimate of drug-likeness (QED) is 0.426. The van der Waals surface area contributed by atoms with Crippen molar-refractivity contribution in [3.8, 4) is 11.5 Å². The number of nitrogens with one attached hydrogen (secondary N) is 1. The summed E-state index contributed by atoms with van der Waals surface area (Å²) in [6.07, 6.45) is 1.91. The Hall–Kier alpha value is -2.85. The first-order valence-corrected chi connectivity index (χ1v) is 12.0. The number of benzene rings is 2. The number of quaternary nitrogens is 1. The van der Waals surface area contributed by atoms with Crippen LogP contribution in [0.3, 0.4) is 0 Å². The number of methoxy groups -OCH3 is 2. The Morgan fingerprint density at radius 1 is 0.971 bits per heavy atom. The maximum atomic E-state index is 6.54. The number of halogens is 2. The van der Waals surface area contributed by atoms with E-state index in [0.29, 0.717) is 43.6 Å². The fourth-order valence-electron chi connectivity index (χ4n) is 4.46. The lowest BCUT2D eigenvalue weighted by atomic mass is 10.00. The third-order valence-corrected chi connectivity index (χ3v) is 7.15. The van der Waals surface area contributed by atoms with Gasteiger partial charge < -0.3 is 25.4 Å². The SMILES string of the molecule is COc1ccc(Nc2nc(N)nc([N+](C)(c3ccc(OC)c(Cl)c3)C3CCN(C)CC3)n2)cc1Cl. The number of nitrogen functional groups attached to an aromatic ring is 1. The van der Waals surface area contributed by atoms with Gasteiger partial charge in [0.15, 0.2) is 0 Å². The molecule has 9 nitrogen and oxygen atoms in total. The van der Waals surface area contributed by atoms with E-state index in [0.717, 1.165) is 31.6 Å². The van der Waals surface area contributed by atoms with Gasteiger partial charge >= 0.3 is 5.95 Å². The number of anilines is 3. The summed E-state index contributed by atoms with van der Waals surface area (Å²) in [5.74, 6) is 2.16. The smallest absolute Gasteiger partial charge is 0.340 e. The van der Waals surface area contributed by atoms with Crippen LogP contribution in [0.5, 0.6) is 11.5 Å². The predicted octanol–water partition coefficient (Wildman–Crippen LogP) is 4.88. The lowest BCUT2D eigenvalue weighted by Crippen LogP contribution is -2.54.